The fraction of sp³-hybridized carbons (Fsp3) is 0.923. The molecule has 1 saturated heterocycles. The number of aliphatic hydroxyl groups excluding tert-OH is 1. The van der Waals surface area contributed by atoms with Crippen LogP contribution in [0.4, 0.5) is 4.79 Å². The molecule has 1 aliphatic heterocycles. The van der Waals surface area contributed by atoms with Gasteiger partial charge >= 0.3 is 6.03 Å². The van der Waals surface area contributed by atoms with E-state index in [4.69, 9.17) is 9.84 Å². The molecular weight excluding hydrogens is 246 g/mol. The van der Waals surface area contributed by atoms with E-state index in [2.05, 4.69) is 29.4 Å². The lowest BCUT2D eigenvalue weighted by atomic mass is 10.0. The van der Waals surface area contributed by atoms with Crippen molar-refractivity contribution in [2.24, 2.45) is 5.92 Å². The van der Waals surface area contributed by atoms with Gasteiger partial charge in [0.1, 0.15) is 0 Å². The van der Waals surface area contributed by atoms with E-state index in [1.165, 1.54) is 0 Å². The van der Waals surface area contributed by atoms with Crippen LogP contribution in [0.1, 0.15) is 20.8 Å². The number of rotatable bonds is 6. The maximum atomic E-state index is 11.6. The second-order valence-corrected chi connectivity index (χ2v) is 5.40. The Balaban J connectivity index is 2.34. The first-order chi connectivity index (χ1) is 9.00. The molecule has 0 unspecified atom stereocenters. The van der Waals surface area contributed by atoms with Crippen LogP contribution in [0.25, 0.3) is 0 Å². The lowest BCUT2D eigenvalue weighted by molar-refractivity contribution is 0.00718. The van der Waals surface area contributed by atoms with Crippen LogP contribution in [0.5, 0.6) is 0 Å². The lowest BCUT2D eigenvalue weighted by Crippen LogP contribution is -2.52. The zero-order valence-electron chi connectivity index (χ0n) is 12.2. The number of carbonyl (C=O) groups excluding carboxylic acids is 1. The Morgan fingerprint density at radius 3 is 2.32 bits per heavy atom. The first kappa shape index (κ1) is 16.2. The summed E-state index contributed by atoms with van der Waals surface area (Å²) in [6.45, 7) is 10.2. The third kappa shape index (κ3) is 6.22. The summed E-state index contributed by atoms with van der Waals surface area (Å²) in [6.07, 6.45) is -0.522. The number of nitrogens with one attached hydrogen (secondary N) is 2. The molecule has 3 N–H and O–H groups in total. The summed E-state index contributed by atoms with van der Waals surface area (Å²) in [4.78, 5) is 13.9. The van der Waals surface area contributed by atoms with Gasteiger partial charge in [0, 0.05) is 32.2 Å². The van der Waals surface area contributed by atoms with Crippen molar-refractivity contribution in [1.29, 1.82) is 0 Å². The Hall–Kier alpha value is -0.850. The van der Waals surface area contributed by atoms with Gasteiger partial charge in [-0.05, 0) is 12.8 Å². The second-order valence-electron chi connectivity index (χ2n) is 5.40. The van der Waals surface area contributed by atoms with Crippen LogP contribution in [-0.2, 0) is 4.74 Å². The largest absolute Gasteiger partial charge is 0.392 e. The zero-order valence-corrected chi connectivity index (χ0v) is 12.2. The van der Waals surface area contributed by atoms with E-state index >= 15 is 0 Å². The average Bonchev–Trinajstić information content (AvgIpc) is 2.37. The number of amides is 2. The smallest absolute Gasteiger partial charge is 0.314 e. The fourth-order valence-electron chi connectivity index (χ4n) is 2.20. The number of morpholine rings is 1. The Labute approximate surface area is 115 Å². The highest BCUT2D eigenvalue weighted by Gasteiger charge is 2.24. The molecule has 0 aromatic carbocycles. The van der Waals surface area contributed by atoms with Crippen molar-refractivity contribution >= 4 is 6.03 Å². The molecule has 112 valence electrons. The molecule has 0 aliphatic carbocycles. The van der Waals surface area contributed by atoms with E-state index in [9.17, 15) is 4.79 Å². The third-order valence-corrected chi connectivity index (χ3v) is 3.31. The molecule has 0 aromatic heterocycles. The van der Waals surface area contributed by atoms with Crippen molar-refractivity contribution < 1.29 is 14.6 Å². The van der Waals surface area contributed by atoms with E-state index in [1.807, 2.05) is 0 Å². The first-order valence-corrected chi connectivity index (χ1v) is 7.02. The number of carbonyl (C=O) groups is 1. The summed E-state index contributed by atoms with van der Waals surface area (Å²) in [5.74, 6) is 0.468. The minimum Gasteiger partial charge on any atom is -0.392 e. The summed E-state index contributed by atoms with van der Waals surface area (Å²) < 4.78 is 5.35. The van der Waals surface area contributed by atoms with Crippen molar-refractivity contribution in [3.63, 3.8) is 0 Å². The Morgan fingerprint density at radius 1 is 1.21 bits per heavy atom. The number of hydrogen-bond donors (Lipinski definition) is 3. The standard InChI is InChI=1S/C13H27N3O3/c1-10(2)12(16-4-6-19-7-5-16)9-15-13(18)14-8-11(3)17/h10-12,17H,4-9H2,1-3H3,(H2,14,15,18)/t11-,12+/m0/s1. The zero-order chi connectivity index (χ0) is 14.3. The van der Waals surface area contributed by atoms with Crippen molar-refractivity contribution in [3.05, 3.63) is 0 Å². The van der Waals surface area contributed by atoms with Gasteiger partial charge in [0.2, 0.25) is 0 Å². The third-order valence-electron chi connectivity index (χ3n) is 3.31. The SMILES string of the molecule is CC(C)[C@@H](CNC(=O)NC[C@H](C)O)N1CCOCC1. The van der Waals surface area contributed by atoms with Crippen LogP contribution in [0.2, 0.25) is 0 Å². The molecule has 1 rings (SSSR count). The Morgan fingerprint density at radius 2 is 1.79 bits per heavy atom. The molecule has 6 heteroatoms. The second kappa shape index (κ2) is 8.35. The van der Waals surface area contributed by atoms with E-state index in [0.717, 1.165) is 26.3 Å². The number of urea groups is 1. The highest BCUT2D eigenvalue weighted by Crippen LogP contribution is 2.12. The maximum absolute atomic E-state index is 11.6. The van der Waals surface area contributed by atoms with Crippen LogP contribution in [0.3, 0.4) is 0 Å². The number of nitrogens with zero attached hydrogens (tertiary/aromatic N) is 1. The topological polar surface area (TPSA) is 73.8 Å². The van der Waals surface area contributed by atoms with E-state index in [-0.39, 0.29) is 12.6 Å². The van der Waals surface area contributed by atoms with Gasteiger partial charge in [-0.3, -0.25) is 4.90 Å². The molecular formula is C13H27N3O3. The van der Waals surface area contributed by atoms with Gasteiger partial charge in [-0.25, -0.2) is 4.79 Å². The molecule has 0 bridgehead atoms. The van der Waals surface area contributed by atoms with Crippen molar-refractivity contribution in [2.45, 2.75) is 32.9 Å². The Kier molecular flexibility index (Phi) is 7.12. The molecule has 19 heavy (non-hydrogen) atoms. The fourth-order valence-corrected chi connectivity index (χ4v) is 2.20. The minimum absolute atomic E-state index is 0.222. The van der Waals surface area contributed by atoms with Crippen molar-refractivity contribution in [3.8, 4) is 0 Å². The quantitative estimate of drug-likeness (QED) is 0.638. The van der Waals surface area contributed by atoms with Crippen LogP contribution < -0.4 is 10.6 Å². The van der Waals surface area contributed by atoms with E-state index in [1.54, 1.807) is 6.92 Å². The molecule has 2 atom stereocenters. The normalized spacial score (nSPS) is 20.1. The van der Waals surface area contributed by atoms with Gasteiger partial charge in [0.05, 0.1) is 19.3 Å². The first-order valence-electron chi connectivity index (χ1n) is 7.02. The minimum atomic E-state index is -0.522. The molecule has 0 saturated carbocycles. The predicted molar refractivity (Wildman–Crippen MR) is 74.1 cm³/mol. The average molecular weight is 273 g/mol. The highest BCUT2D eigenvalue weighted by atomic mass is 16.5. The van der Waals surface area contributed by atoms with Gasteiger partial charge in [0.15, 0.2) is 0 Å². The summed E-state index contributed by atoms with van der Waals surface area (Å²) in [7, 11) is 0. The highest BCUT2D eigenvalue weighted by molar-refractivity contribution is 5.73. The van der Waals surface area contributed by atoms with Crippen molar-refractivity contribution in [2.75, 3.05) is 39.4 Å². The van der Waals surface area contributed by atoms with E-state index < -0.39 is 6.10 Å². The molecule has 0 spiro atoms. The van der Waals surface area contributed by atoms with Crippen LogP contribution in [0.15, 0.2) is 0 Å². The molecule has 0 radical (unpaired) electrons. The molecule has 1 heterocycles. The number of aliphatic hydroxyl groups is 1. The lowest BCUT2D eigenvalue weighted by Gasteiger charge is -2.36. The number of ether oxygens (including phenoxy) is 1. The molecule has 1 aliphatic rings. The van der Waals surface area contributed by atoms with E-state index in [0.29, 0.717) is 18.5 Å². The van der Waals surface area contributed by atoms with Gasteiger partial charge in [-0.15, -0.1) is 0 Å². The summed E-state index contributed by atoms with van der Waals surface area (Å²) in [5.41, 5.74) is 0. The number of hydrogen-bond acceptors (Lipinski definition) is 4. The Bertz CT molecular complexity index is 266. The summed E-state index contributed by atoms with van der Waals surface area (Å²) in [5, 5.41) is 14.6. The van der Waals surface area contributed by atoms with Gasteiger partial charge in [-0.1, -0.05) is 13.8 Å². The summed E-state index contributed by atoms with van der Waals surface area (Å²) >= 11 is 0. The molecule has 1 fully saturated rings. The van der Waals surface area contributed by atoms with Gasteiger partial charge in [0.25, 0.3) is 0 Å². The monoisotopic (exact) mass is 273 g/mol. The predicted octanol–water partition coefficient (Wildman–Crippen LogP) is 0.0232. The van der Waals surface area contributed by atoms with Gasteiger partial charge in [-0.2, -0.15) is 0 Å². The molecule has 6 nitrogen and oxygen atoms in total. The van der Waals surface area contributed by atoms with Crippen LogP contribution >= 0.6 is 0 Å². The molecule has 0 aromatic rings. The summed E-state index contributed by atoms with van der Waals surface area (Å²) in [6, 6.07) is 0.0982. The van der Waals surface area contributed by atoms with Gasteiger partial charge < -0.3 is 20.5 Å². The van der Waals surface area contributed by atoms with Crippen LogP contribution in [-0.4, -0.2) is 67.6 Å². The van der Waals surface area contributed by atoms with Crippen molar-refractivity contribution in [1.82, 2.24) is 15.5 Å². The van der Waals surface area contributed by atoms with Crippen LogP contribution in [0, 0.1) is 5.92 Å². The maximum Gasteiger partial charge on any atom is 0.314 e. The molecule has 2 amide bonds.